The van der Waals surface area contributed by atoms with E-state index in [1.165, 1.54) is 0 Å². The van der Waals surface area contributed by atoms with Crippen molar-refractivity contribution in [3.63, 3.8) is 0 Å². The molecule has 2 heteroatoms. The van der Waals surface area contributed by atoms with E-state index in [1.807, 2.05) is 13.8 Å². The minimum absolute atomic E-state index is 0.0463. The Morgan fingerprint density at radius 3 is 1.67 bits per heavy atom. The van der Waals surface area contributed by atoms with Gasteiger partial charge in [0.15, 0.2) is 0 Å². The van der Waals surface area contributed by atoms with Gasteiger partial charge in [-0.2, -0.15) is 12.6 Å². The van der Waals surface area contributed by atoms with Gasteiger partial charge in [0.05, 0.1) is 5.37 Å². The first-order valence-electron chi connectivity index (χ1n) is 2.08. The van der Waals surface area contributed by atoms with Gasteiger partial charge in [0, 0.05) is 0 Å². The molecule has 0 aliphatic carbocycles. The molecule has 38 valence electrons. The lowest BCUT2D eigenvalue weighted by atomic mass is 10.2. The van der Waals surface area contributed by atoms with E-state index in [0.29, 0.717) is 5.92 Å². The lowest BCUT2D eigenvalue weighted by Gasteiger charge is -2.04. The molecule has 0 aromatic carbocycles. The number of thiol groups is 1. The molecule has 0 aromatic rings. The van der Waals surface area contributed by atoms with Crippen molar-refractivity contribution < 1.29 is 0 Å². The number of nitrogens with two attached hydrogens (primary N) is 1. The monoisotopic (exact) mass is 105 g/mol. The minimum Gasteiger partial charge on any atom is -0.319 e. The van der Waals surface area contributed by atoms with Crippen molar-refractivity contribution in [2.24, 2.45) is 11.7 Å². The maximum absolute atomic E-state index is 5.30. The van der Waals surface area contributed by atoms with E-state index < -0.39 is 0 Å². The number of rotatable bonds is 1. The van der Waals surface area contributed by atoms with Crippen molar-refractivity contribution in [3.05, 3.63) is 0 Å². The van der Waals surface area contributed by atoms with Crippen LogP contribution in [0.2, 0.25) is 0 Å². The standard InChI is InChI=1S/C4H11NS/c1-3(2)4(5)6/h3-4,6H,5H2,1-2H3. The van der Waals surface area contributed by atoms with Gasteiger partial charge in [-0.05, 0) is 5.92 Å². The van der Waals surface area contributed by atoms with Crippen LogP contribution in [0.15, 0.2) is 0 Å². The average Bonchev–Trinajstić information content (AvgIpc) is 1.36. The molecule has 0 aliphatic rings. The summed E-state index contributed by atoms with van der Waals surface area (Å²) in [4.78, 5) is 0. The molecule has 0 aliphatic heterocycles. The summed E-state index contributed by atoms with van der Waals surface area (Å²) in [5, 5.41) is 0.0463. The molecule has 0 rings (SSSR count). The fraction of sp³-hybridized carbons (Fsp3) is 1.00. The molecule has 2 N–H and O–H groups in total. The van der Waals surface area contributed by atoms with Gasteiger partial charge in [-0.25, -0.2) is 0 Å². The largest absolute Gasteiger partial charge is 0.319 e. The molecule has 0 heterocycles. The summed E-state index contributed by atoms with van der Waals surface area (Å²) < 4.78 is 0. The van der Waals surface area contributed by atoms with Crippen molar-refractivity contribution in [1.82, 2.24) is 0 Å². The van der Waals surface area contributed by atoms with Crippen LogP contribution in [-0.4, -0.2) is 5.37 Å². The van der Waals surface area contributed by atoms with E-state index in [2.05, 4.69) is 12.6 Å². The van der Waals surface area contributed by atoms with Gasteiger partial charge < -0.3 is 5.73 Å². The summed E-state index contributed by atoms with van der Waals surface area (Å²) >= 11 is 3.97. The lowest BCUT2D eigenvalue weighted by molar-refractivity contribution is 0.627. The highest BCUT2D eigenvalue weighted by atomic mass is 32.1. The maximum atomic E-state index is 5.30. The summed E-state index contributed by atoms with van der Waals surface area (Å²) in [7, 11) is 0. The summed E-state index contributed by atoms with van der Waals surface area (Å²) in [5.74, 6) is 0.494. The molecule has 0 radical (unpaired) electrons. The third-order valence-corrected chi connectivity index (χ3v) is 1.28. The fourth-order valence-corrected chi connectivity index (χ4v) is 0. The second-order valence-corrected chi connectivity index (χ2v) is 2.33. The topological polar surface area (TPSA) is 26.0 Å². The second-order valence-electron chi connectivity index (χ2n) is 1.73. The van der Waals surface area contributed by atoms with Crippen molar-refractivity contribution in [2.45, 2.75) is 19.2 Å². The van der Waals surface area contributed by atoms with Crippen molar-refractivity contribution >= 4 is 12.6 Å². The molecule has 1 nitrogen and oxygen atoms in total. The third-order valence-electron chi connectivity index (χ3n) is 0.683. The second kappa shape index (κ2) is 2.48. The molecule has 6 heavy (non-hydrogen) atoms. The molecule has 1 unspecified atom stereocenters. The molecule has 0 saturated heterocycles. The Kier molecular flexibility index (Phi) is 2.61. The van der Waals surface area contributed by atoms with Crippen LogP contribution in [-0.2, 0) is 0 Å². The normalized spacial score (nSPS) is 15.5. The van der Waals surface area contributed by atoms with Crippen LogP contribution in [0.4, 0.5) is 0 Å². The van der Waals surface area contributed by atoms with E-state index in [1.54, 1.807) is 0 Å². The molecular formula is C4H11NS. The van der Waals surface area contributed by atoms with Gasteiger partial charge in [0.25, 0.3) is 0 Å². The highest BCUT2D eigenvalue weighted by molar-refractivity contribution is 7.80. The highest BCUT2D eigenvalue weighted by Crippen LogP contribution is 1.99. The van der Waals surface area contributed by atoms with E-state index in [9.17, 15) is 0 Å². The van der Waals surface area contributed by atoms with Crippen molar-refractivity contribution in [1.29, 1.82) is 0 Å². The molecule has 1 atom stereocenters. The van der Waals surface area contributed by atoms with Crippen LogP contribution in [0.5, 0.6) is 0 Å². The van der Waals surface area contributed by atoms with E-state index in [0.717, 1.165) is 0 Å². The quantitative estimate of drug-likeness (QED) is 0.375. The van der Waals surface area contributed by atoms with Crippen LogP contribution >= 0.6 is 12.6 Å². The van der Waals surface area contributed by atoms with Crippen LogP contribution in [0.1, 0.15) is 13.8 Å². The van der Waals surface area contributed by atoms with E-state index >= 15 is 0 Å². The fourth-order valence-electron chi connectivity index (χ4n) is 0. The Labute approximate surface area is 44.3 Å². The number of hydrogen-bond acceptors (Lipinski definition) is 2. The average molecular weight is 105 g/mol. The van der Waals surface area contributed by atoms with Crippen molar-refractivity contribution in [2.75, 3.05) is 0 Å². The van der Waals surface area contributed by atoms with Crippen LogP contribution in [0.3, 0.4) is 0 Å². The lowest BCUT2D eigenvalue weighted by Crippen LogP contribution is -2.18. The smallest absolute Gasteiger partial charge is 0.0500 e. The summed E-state index contributed by atoms with van der Waals surface area (Å²) in [6.45, 7) is 4.08. The first kappa shape index (κ1) is 6.31. The SMILES string of the molecule is CC(C)C(N)S. The van der Waals surface area contributed by atoms with E-state index in [-0.39, 0.29) is 5.37 Å². The predicted octanol–water partition coefficient (Wildman–Crippen LogP) is 0.857. The summed E-state index contributed by atoms with van der Waals surface area (Å²) in [5.41, 5.74) is 5.30. The van der Waals surface area contributed by atoms with Crippen molar-refractivity contribution in [3.8, 4) is 0 Å². The first-order chi connectivity index (χ1) is 2.64. The molecule has 0 saturated carbocycles. The Morgan fingerprint density at radius 1 is 1.50 bits per heavy atom. The number of hydrogen-bond donors (Lipinski definition) is 2. The molecular weight excluding hydrogens is 94.1 g/mol. The Hall–Kier alpha value is 0.310. The third kappa shape index (κ3) is 2.54. The highest BCUT2D eigenvalue weighted by Gasteiger charge is 1.96. The molecule has 0 spiro atoms. The Morgan fingerprint density at radius 2 is 1.67 bits per heavy atom. The Balaban J connectivity index is 2.99. The van der Waals surface area contributed by atoms with Gasteiger partial charge in [0.1, 0.15) is 0 Å². The summed E-state index contributed by atoms with van der Waals surface area (Å²) in [6.07, 6.45) is 0. The van der Waals surface area contributed by atoms with Gasteiger partial charge in [-0.1, -0.05) is 13.8 Å². The van der Waals surface area contributed by atoms with Crippen LogP contribution < -0.4 is 5.73 Å². The Bertz CT molecular complexity index is 28.5. The predicted molar refractivity (Wildman–Crippen MR) is 31.8 cm³/mol. The minimum atomic E-state index is 0.0463. The van der Waals surface area contributed by atoms with Gasteiger partial charge in [0.2, 0.25) is 0 Å². The van der Waals surface area contributed by atoms with Gasteiger partial charge >= 0.3 is 0 Å². The first-order valence-corrected chi connectivity index (χ1v) is 2.60. The molecule has 0 aromatic heterocycles. The summed E-state index contributed by atoms with van der Waals surface area (Å²) in [6, 6.07) is 0. The zero-order valence-corrected chi connectivity index (χ0v) is 5.07. The molecule has 0 fully saturated rings. The van der Waals surface area contributed by atoms with Crippen LogP contribution in [0.25, 0.3) is 0 Å². The van der Waals surface area contributed by atoms with Gasteiger partial charge in [-0.3, -0.25) is 0 Å². The van der Waals surface area contributed by atoms with Crippen LogP contribution in [0, 0.1) is 5.92 Å². The zero-order valence-electron chi connectivity index (χ0n) is 4.18. The molecule has 0 amide bonds. The zero-order chi connectivity index (χ0) is 5.15. The maximum Gasteiger partial charge on any atom is 0.0500 e. The molecule has 0 bridgehead atoms. The van der Waals surface area contributed by atoms with Gasteiger partial charge in [-0.15, -0.1) is 0 Å². The van der Waals surface area contributed by atoms with E-state index in [4.69, 9.17) is 5.73 Å².